The van der Waals surface area contributed by atoms with Gasteiger partial charge in [0.25, 0.3) is 0 Å². The van der Waals surface area contributed by atoms with E-state index in [9.17, 15) is 0 Å². The molecule has 0 bridgehead atoms. The molecule has 0 saturated carbocycles. The van der Waals surface area contributed by atoms with E-state index in [4.69, 9.17) is 0 Å². The predicted octanol–water partition coefficient (Wildman–Crippen LogP) is 18.1. The van der Waals surface area contributed by atoms with Gasteiger partial charge in [-0.05, 0) is 148 Å². The average molecular weight is 910 g/mol. The highest BCUT2D eigenvalue weighted by atomic mass is 15.1. The molecule has 0 spiro atoms. The Labute approximate surface area is 418 Å². The zero-order valence-corrected chi connectivity index (χ0v) is 41.3. The molecule has 0 fully saturated rings. The first-order chi connectivity index (χ1) is 34.5. The van der Waals surface area contributed by atoms with E-state index in [1.54, 1.807) is 0 Å². The Morgan fingerprint density at radius 1 is 0.254 bits per heavy atom. The van der Waals surface area contributed by atoms with E-state index in [0.717, 1.165) is 17.1 Å². The predicted molar refractivity (Wildman–Crippen MR) is 297 cm³/mol. The monoisotopic (exact) mass is 909 g/mol. The van der Waals surface area contributed by atoms with Crippen molar-refractivity contribution < 1.29 is 0 Å². The van der Waals surface area contributed by atoms with Crippen molar-refractivity contribution in [3.05, 3.63) is 280 Å². The van der Waals surface area contributed by atoms with Crippen LogP contribution >= 0.6 is 0 Å². The Morgan fingerprint density at radius 2 is 0.620 bits per heavy atom. The van der Waals surface area contributed by atoms with Crippen LogP contribution in [0.4, 0.5) is 17.1 Å². The molecule has 10 aromatic carbocycles. The first-order valence-electron chi connectivity index (χ1n) is 25.4. The largest absolute Gasteiger partial charge is 0.310 e. The smallest absolute Gasteiger partial charge is 0.0714 e. The summed E-state index contributed by atoms with van der Waals surface area (Å²) >= 11 is 0. The first kappa shape index (κ1) is 41.9. The Kier molecular flexibility index (Phi) is 8.72. The molecule has 0 radical (unpaired) electrons. The van der Waals surface area contributed by atoms with E-state index >= 15 is 0 Å². The van der Waals surface area contributed by atoms with Gasteiger partial charge < -0.3 is 4.90 Å². The molecule has 340 valence electrons. The molecule has 0 aromatic heterocycles. The Bertz CT molecular complexity index is 3700. The summed E-state index contributed by atoms with van der Waals surface area (Å²) < 4.78 is 0. The lowest BCUT2D eigenvalue weighted by Gasteiger charge is -2.36. The highest BCUT2D eigenvalue weighted by Gasteiger charge is 2.47. The maximum absolute atomic E-state index is 2.62. The van der Waals surface area contributed by atoms with Crippen molar-refractivity contribution in [1.82, 2.24) is 0 Å². The number of hydrogen-bond donors (Lipinski definition) is 0. The van der Waals surface area contributed by atoms with Gasteiger partial charge in [0.1, 0.15) is 0 Å². The van der Waals surface area contributed by atoms with E-state index in [1.807, 2.05) is 0 Å². The van der Waals surface area contributed by atoms with Crippen LogP contribution in [0.5, 0.6) is 0 Å². The van der Waals surface area contributed by atoms with Crippen molar-refractivity contribution in [2.45, 2.75) is 63.2 Å². The molecule has 0 unspecified atom stereocenters. The van der Waals surface area contributed by atoms with Crippen LogP contribution < -0.4 is 4.90 Å². The van der Waals surface area contributed by atoms with Crippen molar-refractivity contribution in [2.75, 3.05) is 4.90 Å². The third kappa shape index (κ3) is 5.64. The highest BCUT2D eigenvalue weighted by molar-refractivity contribution is 5.99. The SMILES string of the molecule is CC1(C)c2ccccc2-c2ccc(-c3cc4c(cc3N(c3ccc5c(c3)C(C)(C)c3ccccc3-5)c3ccc5c(c3)C(C)(C)c3ccccc3-5)C(c3ccccc3)(c3ccccc3)c3ccccc3-4)cc21. The number of anilines is 3. The lowest BCUT2D eigenvalue weighted by molar-refractivity contribution is 0.660. The lowest BCUT2D eigenvalue weighted by atomic mass is 9.67. The van der Waals surface area contributed by atoms with Gasteiger partial charge in [0.15, 0.2) is 0 Å². The van der Waals surface area contributed by atoms with Crippen molar-refractivity contribution in [3.63, 3.8) is 0 Å². The van der Waals surface area contributed by atoms with Gasteiger partial charge in [-0.25, -0.2) is 0 Å². The minimum atomic E-state index is -0.585. The van der Waals surface area contributed by atoms with Crippen molar-refractivity contribution in [3.8, 4) is 55.6 Å². The van der Waals surface area contributed by atoms with Gasteiger partial charge in [-0.1, -0.05) is 224 Å². The summed E-state index contributed by atoms with van der Waals surface area (Å²) in [7, 11) is 0. The third-order valence-corrected chi connectivity index (χ3v) is 17.4. The molecule has 0 amide bonds. The van der Waals surface area contributed by atoms with Gasteiger partial charge >= 0.3 is 0 Å². The zero-order valence-electron chi connectivity index (χ0n) is 41.3. The summed E-state index contributed by atoms with van der Waals surface area (Å²) in [5.74, 6) is 0. The molecular formula is C70H55N. The minimum absolute atomic E-state index is 0.165. The third-order valence-electron chi connectivity index (χ3n) is 17.4. The van der Waals surface area contributed by atoms with E-state index in [-0.39, 0.29) is 16.2 Å². The molecule has 0 saturated heterocycles. The summed E-state index contributed by atoms with van der Waals surface area (Å²) in [5.41, 5.74) is 28.6. The van der Waals surface area contributed by atoms with Crippen LogP contribution in [0.15, 0.2) is 224 Å². The number of nitrogens with zero attached hydrogens (tertiary/aromatic N) is 1. The number of benzene rings is 10. The number of fused-ring (bicyclic) bond motifs is 12. The van der Waals surface area contributed by atoms with E-state index < -0.39 is 5.41 Å². The van der Waals surface area contributed by atoms with Crippen LogP contribution in [0.2, 0.25) is 0 Å². The Hall–Kier alpha value is -8.00. The fourth-order valence-electron chi connectivity index (χ4n) is 13.9. The number of hydrogen-bond acceptors (Lipinski definition) is 1. The standard InChI is InChI=1S/C70H55N/c1-67(2)58-29-17-13-25-49(58)53-36-33-44(39-62(53)67)56-42-57-52-28-16-20-32-61(52)70(45-21-9-7-10-22-45,46-23-11-8-12-24-46)65(57)43-66(56)71(47-34-37-54-50-26-14-18-30-59(50)68(3,4)63(54)40-47)48-35-38-55-51-27-15-19-31-60(51)69(5,6)64(55)41-48/h7-43H,1-6H3. The molecular weight excluding hydrogens is 855 g/mol. The van der Waals surface area contributed by atoms with Gasteiger partial charge in [-0.2, -0.15) is 0 Å². The van der Waals surface area contributed by atoms with E-state index in [0.29, 0.717) is 0 Å². The summed E-state index contributed by atoms with van der Waals surface area (Å²) in [6.45, 7) is 14.4. The molecule has 0 N–H and O–H groups in total. The fourth-order valence-corrected chi connectivity index (χ4v) is 13.9. The molecule has 4 aliphatic carbocycles. The second-order valence-corrected chi connectivity index (χ2v) is 22.0. The van der Waals surface area contributed by atoms with Gasteiger partial charge in [-0.3, -0.25) is 0 Å². The van der Waals surface area contributed by atoms with Crippen LogP contribution in [0.25, 0.3) is 55.6 Å². The fraction of sp³-hybridized carbons (Fsp3) is 0.143. The van der Waals surface area contributed by atoms with Crippen LogP contribution in [0.1, 0.15) is 97.2 Å². The maximum atomic E-state index is 2.62. The van der Waals surface area contributed by atoms with Gasteiger partial charge in [0.2, 0.25) is 0 Å². The normalized spacial score (nSPS) is 15.9. The van der Waals surface area contributed by atoms with Crippen molar-refractivity contribution in [2.24, 2.45) is 0 Å². The van der Waals surface area contributed by atoms with Crippen molar-refractivity contribution >= 4 is 17.1 Å². The molecule has 1 heteroatoms. The van der Waals surface area contributed by atoms with Crippen LogP contribution in [0.3, 0.4) is 0 Å². The Balaban J connectivity index is 1.11. The first-order valence-corrected chi connectivity index (χ1v) is 25.4. The molecule has 4 aliphatic rings. The van der Waals surface area contributed by atoms with Crippen LogP contribution in [0, 0.1) is 0 Å². The molecule has 0 heterocycles. The second-order valence-electron chi connectivity index (χ2n) is 22.0. The van der Waals surface area contributed by atoms with Gasteiger partial charge in [-0.15, -0.1) is 0 Å². The quantitative estimate of drug-likeness (QED) is 0.161. The van der Waals surface area contributed by atoms with Crippen LogP contribution in [-0.2, 0) is 21.7 Å². The molecule has 14 rings (SSSR count). The molecule has 0 atom stereocenters. The Morgan fingerprint density at radius 3 is 1.08 bits per heavy atom. The van der Waals surface area contributed by atoms with Crippen LogP contribution in [-0.4, -0.2) is 0 Å². The van der Waals surface area contributed by atoms with E-state index in [1.165, 1.54) is 111 Å². The van der Waals surface area contributed by atoms with Gasteiger partial charge in [0.05, 0.1) is 11.1 Å². The molecule has 0 aliphatic heterocycles. The topological polar surface area (TPSA) is 3.24 Å². The molecule has 10 aromatic rings. The lowest BCUT2D eigenvalue weighted by Crippen LogP contribution is -2.29. The number of rotatable bonds is 6. The van der Waals surface area contributed by atoms with Crippen molar-refractivity contribution in [1.29, 1.82) is 0 Å². The zero-order chi connectivity index (χ0) is 48.0. The highest BCUT2D eigenvalue weighted by Crippen LogP contribution is 2.61. The second kappa shape index (κ2) is 14.8. The summed E-state index contributed by atoms with van der Waals surface area (Å²) in [5, 5.41) is 0. The maximum Gasteiger partial charge on any atom is 0.0714 e. The summed E-state index contributed by atoms with van der Waals surface area (Å²) in [6.07, 6.45) is 0. The molecule has 1 nitrogen and oxygen atoms in total. The summed E-state index contributed by atoms with van der Waals surface area (Å²) in [6, 6.07) is 85.8. The van der Waals surface area contributed by atoms with Gasteiger partial charge in [0, 0.05) is 33.2 Å². The average Bonchev–Trinajstić information content (AvgIpc) is 4.01. The summed E-state index contributed by atoms with van der Waals surface area (Å²) in [4.78, 5) is 2.62. The molecule has 71 heavy (non-hydrogen) atoms. The van der Waals surface area contributed by atoms with E-state index in [2.05, 4.69) is 271 Å². The minimum Gasteiger partial charge on any atom is -0.310 e.